The molecule has 0 aromatic rings. The van der Waals surface area contributed by atoms with Gasteiger partial charge in [-0.25, -0.2) is 0 Å². The Hall–Kier alpha value is -0.220. The maximum Gasteiger partial charge on any atom is 0.322 e. The van der Waals surface area contributed by atoms with E-state index in [0.717, 1.165) is 11.5 Å². The molecule has 10 heavy (non-hydrogen) atoms. The first kappa shape index (κ1) is 7.88. The molecule has 1 fully saturated rings. The molecule has 0 bridgehead atoms. The van der Waals surface area contributed by atoms with Crippen LogP contribution in [0.15, 0.2) is 0 Å². The molecule has 0 aromatic heterocycles. The average molecular weight is 161 g/mol. The molecule has 1 aliphatic rings. The molecule has 0 radical (unpaired) electrons. The number of rotatable bonds is 2. The van der Waals surface area contributed by atoms with E-state index in [9.17, 15) is 4.79 Å². The molecular formula is C6H11NO2S. The third-order valence-electron chi connectivity index (χ3n) is 1.65. The summed E-state index contributed by atoms with van der Waals surface area (Å²) >= 11 is 1.81. The lowest BCUT2D eigenvalue weighted by Gasteiger charge is -2.28. The quantitative estimate of drug-likeness (QED) is 0.572. The minimum atomic E-state index is -0.397. The molecule has 3 nitrogen and oxygen atoms in total. The molecule has 0 aromatic carbocycles. The topological polar surface area (TPSA) is 52.3 Å². The maximum atomic E-state index is 10.8. The van der Waals surface area contributed by atoms with Crippen LogP contribution in [0.2, 0.25) is 0 Å². The van der Waals surface area contributed by atoms with Crippen molar-refractivity contribution in [2.24, 2.45) is 11.7 Å². The lowest BCUT2D eigenvalue weighted by atomic mass is 10.0. The number of nitrogens with two attached hydrogens (primary N) is 1. The highest BCUT2D eigenvalue weighted by Gasteiger charge is 2.30. The van der Waals surface area contributed by atoms with Crippen LogP contribution in [0.5, 0.6) is 0 Å². The minimum absolute atomic E-state index is 0.287. The highest BCUT2D eigenvalue weighted by atomic mass is 32.2. The fourth-order valence-electron chi connectivity index (χ4n) is 0.790. The number of thioether (sulfide) groups is 1. The second kappa shape index (κ2) is 3.25. The smallest absolute Gasteiger partial charge is 0.322 e. The summed E-state index contributed by atoms with van der Waals surface area (Å²) in [6.45, 7) is 0. The van der Waals surface area contributed by atoms with Crippen LogP contribution in [0.3, 0.4) is 0 Å². The van der Waals surface area contributed by atoms with Crippen molar-refractivity contribution in [2.45, 2.75) is 6.04 Å². The monoisotopic (exact) mass is 161 g/mol. The molecule has 0 unspecified atom stereocenters. The van der Waals surface area contributed by atoms with Crippen molar-refractivity contribution in [1.82, 2.24) is 0 Å². The van der Waals surface area contributed by atoms with Gasteiger partial charge in [0, 0.05) is 5.92 Å². The lowest BCUT2D eigenvalue weighted by Crippen LogP contribution is -2.44. The van der Waals surface area contributed by atoms with Crippen LogP contribution in [0.25, 0.3) is 0 Å². The Labute approximate surface area is 64.3 Å². The van der Waals surface area contributed by atoms with Crippen molar-refractivity contribution in [1.29, 1.82) is 0 Å². The van der Waals surface area contributed by atoms with Crippen LogP contribution in [0.1, 0.15) is 0 Å². The Balaban J connectivity index is 2.31. The van der Waals surface area contributed by atoms with Gasteiger partial charge in [-0.05, 0) is 11.5 Å². The van der Waals surface area contributed by atoms with E-state index in [-0.39, 0.29) is 5.97 Å². The molecule has 0 amide bonds. The molecule has 1 atom stereocenters. The first-order chi connectivity index (χ1) is 4.75. The predicted octanol–water partition coefficient (Wildman–Crippen LogP) is -0.150. The number of hydrogen-bond acceptors (Lipinski definition) is 4. The van der Waals surface area contributed by atoms with Gasteiger partial charge in [-0.1, -0.05) is 0 Å². The zero-order valence-electron chi connectivity index (χ0n) is 5.87. The molecule has 58 valence electrons. The molecule has 1 rings (SSSR count). The Morgan fingerprint density at radius 1 is 1.80 bits per heavy atom. The third kappa shape index (κ3) is 1.44. The highest BCUT2D eigenvalue weighted by molar-refractivity contribution is 8.00. The van der Waals surface area contributed by atoms with E-state index in [1.54, 1.807) is 0 Å². The van der Waals surface area contributed by atoms with E-state index >= 15 is 0 Å². The van der Waals surface area contributed by atoms with E-state index in [1.807, 2.05) is 11.8 Å². The number of ether oxygens (including phenoxy) is 1. The van der Waals surface area contributed by atoms with E-state index in [0.29, 0.717) is 5.92 Å². The molecule has 1 heterocycles. The first-order valence-corrected chi connectivity index (χ1v) is 4.32. The van der Waals surface area contributed by atoms with Crippen molar-refractivity contribution in [3.8, 4) is 0 Å². The summed E-state index contributed by atoms with van der Waals surface area (Å²) in [4.78, 5) is 10.8. The molecule has 0 aliphatic carbocycles. The van der Waals surface area contributed by atoms with Gasteiger partial charge in [0.25, 0.3) is 0 Å². The fourth-order valence-corrected chi connectivity index (χ4v) is 1.71. The Bertz CT molecular complexity index is 136. The van der Waals surface area contributed by atoms with E-state index in [2.05, 4.69) is 4.74 Å². The zero-order valence-corrected chi connectivity index (χ0v) is 6.69. The van der Waals surface area contributed by atoms with E-state index in [1.165, 1.54) is 7.11 Å². The fraction of sp³-hybridized carbons (Fsp3) is 0.833. The van der Waals surface area contributed by atoms with Crippen LogP contribution in [-0.2, 0) is 9.53 Å². The van der Waals surface area contributed by atoms with Gasteiger partial charge >= 0.3 is 5.97 Å². The summed E-state index contributed by atoms with van der Waals surface area (Å²) in [5, 5.41) is 0. The summed E-state index contributed by atoms with van der Waals surface area (Å²) in [5.41, 5.74) is 5.55. The van der Waals surface area contributed by atoms with E-state index in [4.69, 9.17) is 5.73 Å². The molecule has 4 heteroatoms. The van der Waals surface area contributed by atoms with E-state index < -0.39 is 6.04 Å². The van der Waals surface area contributed by atoms with Crippen LogP contribution >= 0.6 is 11.8 Å². The van der Waals surface area contributed by atoms with Gasteiger partial charge in [-0.15, -0.1) is 0 Å². The number of carbonyl (C=O) groups is 1. The summed E-state index contributed by atoms with van der Waals surface area (Å²) in [6.07, 6.45) is 0. The Morgan fingerprint density at radius 2 is 2.40 bits per heavy atom. The van der Waals surface area contributed by atoms with Gasteiger partial charge in [0.05, 0.1) is 7.11 Å². The molecule has 2 N–H and O–H groups in total. The second-order valence-electron chi connectivity index (χ2n) is 2.35. The van der Waals surface area contributed by atoms with Crippen molar-refractivity contribution < 1.29 is 9.53 Å². The summed E-state index contributed by atoms with van der Waals surface area (Å²) in [7, 11) is 1.37. The van der Waals surface area contributed by atoms with Crippen LogP contribution in [0.4, 0.5) is 0 Å². The maximum absolute atomic E-state index is 10.8. The SMILES string of the molecule is COC(=O)[C@H](N)C1CSC1. The van der Waals surface area contributed by atoms with Crippen molar-refractivity contribution in [2.75, 3.05) is 18.6 Å². The van der Waals surface area contributed by atoms with Gasteiger partial charge in [0.1, 0.15) is 6.04 Å². The van der Waals surface area contributed by atoms with Crippen LogP contribution < -0.4 is 5.73 Å². The van der Waals surface area contributed by atoms with Gasteiger partial charge in [-0.3, -0.25) is 4.79 Å². The zero-order chi connectivity index (χ0) is 7.56. The summed E-state index contributed by atoms with van der Waals surface area (Å²) in [5.74, 6) is 2.05. The number of hydrogen-bond donors (Lipinski definition) is 1. The molecule has 1 saturated heterocycles. The summed E-state index contributed by atoms with van der Waals surface area (Å²) in [6, 6.07) is -0.397. The van der Waals surface area contributed by atoms with Gasteiger partial charge in [0.2, 0.25) is 0 Å². The second-order valence-corrected chi connectivity index (χ2v) is 3.42. The highest BCUT2D eigenvalue weighted by Crippen LogP contribution is 2.26. The number of esters is 1. The lowest BCUT2D eigenvalue weighted by molar-refractivity contribution is -0.143. The van der Waals surface area contributed by atoms with Gasteiger partial charge in [0.15, 0.2) is 0 Å². The first-order valence-electron chi connectivity index (χ1n) is 3.17. The Kier molecular flexibility index (Phi) is 2.56. The van der Waals surface area contributed by atoms with Crippen LogP contribution in [0, 0.1) is 5.92 Å². The third-order valence-corrected chi connectivity index (χ3v) is 2.97. The van der Waals surface area contributed by atoms with Crippen molar-refractivity contribution in [3.63, 3.8) is 0 Å². The van der Waals surface area contributed by atoms with Crippen molar-refractivity contribution >= 4 is 17.7 Å². The van der Waals surface area contributed by atoms with Gasteiger partial charge in [-0.2, -0.15) is 11.8 Å². The number of carbonyl (C=O) groups excluding carboxylic acids is 1. The van der Waals surface area contributed by atoms with Crippen LogP contribution in [-0.4, -0.2) is 30.6 Å². The minimum Gasteiger partial charge on any atom is -0.468 e. The predicted molar refractivity (Wildman–Crippen MR) is 40.8 cm³/mol. The molecule has 0 saturated carbocycles. The largest absolute Gasteiger partial charge is 0.468 e. The average Bonchev–Trinajstić information content (AvgIpc) is 1.82. The molecule has 0 spiro atoms. The normalized spacial score (nSPS) is 21.4. The Morgan fingerprint density at radius 3 is 2.70 bits per heavy atom. The standard InChI is InChI=1S/C6H11NO2S/c1-9-6(8)5(7)4-2-10-3-4/h4-5H,2-3,7H2,1H3/t5-/m1/s1. The van der Waals surface area contributed by atoms with Crippen molar-refractivity contribution in [3.05, 3.63) is 0 Å². The molecular weight excluding hydrogens is 150 g/mol. The molecule has 1 aliphatic heterocycles. The van der Waals surface area contributed by atoms with Gasteiger partial charge < -0.3 is 10.5 Å². The number of methoxy groups -OCH3 is 1. The summed E-state index contributed by atoms with van der Waals surface area (Å²) < 4.78 is 4.50.